The molecule has 5 rings (SSSR count). The van der Waals surface area contributed by atoms with Crippen LogP contribution in [-0.2, 0) is 0 Å². The van der Waals surface area contributed by atoms with Crippen LogP contribution in [0.2, 0.25) is 0 Å². The molecular formula is C30H28FN5. The topological polar surface area (TPSA) is 69.4 Å². The van der Waals surface area contributed by atoms with Crippen LogP contribution < -0.4 is 5.32 Å². The van der Waals surface area contributed by atoms with E-state index in [1.54, 1.807) is 24.5 Å². The fraction of sp³-hybridized carbons (Fsp3) is 0.133. The Morgan fingerprint density at radius 3 is 2.69 bits per heavy atom. The predicted octanol–water partition coefficient (Wildman–Crippen LogP) is 7.04. The minimum atomic E-state index is -0.274. The van der Waals surface area contributed by atoms with Gasteiger partial charge in [0.05, 0.1) is 22.9 Å². The highest BCUT2D eigenvalue weighted by atomic mass is 19.1. The zero-order chi connectivity index (χ0) is 25.1. The summed E-state index contributed by atoms with van der Waals surface area (Å²) in [5, 5.41) is 13.0. The number of halogens is 1. The number of allylic oxidation sites excluding steroid dienone is 3. The third kappa shape index (κ3) is 4.39. The molecule has 3 aromatic heterocycles. The maximum Gasteiger partial charge on any atom is 0.131 e. The largest absolute Gasteiger partial charge is 0.352 e. The molecule has 2 aromatic carbocycles. The van der Waals surface area contributed by atoms with E-state index in [4.69, 9.17) is 0 Å². The highest BCUT2D eigenvalue weighted by molar-refractivity contribution is 6.01. The van der Waals surface area contributed by atoms with Crippen LogP contribution in [-0.4, -0.2) is 33.3 Å². The van der Waals surface area contributed by atoms with Crippen LogP contribution in [0.25, 0.3) is 49.9 Å². The summed E-state index contributed by atoms with van der Waals surface area (Å²) >= 11 is 0. The third-order valence-electron chi connectivity index (χ3n) is 6.35. The Kier molecular flexibility index (Phi) is 6.60. The molecule has 5 aromatic rings. The number of benzene rings is 2. The quantitative estimate of drug-likeness (QED) is 0.210. The summed E-state index contributed by atoms with van der Waals surface area (Å²) in [6.45, 7) is 9.76. The maximum atomic E-state index is 14.6. The fourth-order valence-corrected chi connectivity index (χ4v) is 4.46. The van der Waals surface area contributed by atoms with E-state index in [-0.39, 0.29) is 5.82 Å². The maximum absolute atomic E-state index is 14.6. The van der Waals surface area contributed by atoms with Crippen molar-refractivity contribution in [3.05, 3.63) is 103 Å². The lowest BCUT2D eigenvalue weighted by molar-refractivity contribution is 0.631. The number of rotatable bonds is 8. The van der Waals surface area contributed by atoms with E-state index in [0.717, 1.165) is 68.6 Å². The average Bonchev–Trinajstić information content (AvgIpc) is 3.53. The molecule has 0 atom stereocenters. The van der Waals surface area contributed by atoms with Gasteiger partial charge in [0.2, 0.25) is 0 Å². The lowest BCUT2D eigenvalue weighted by atomic mass is 9.99. The van der Waals surface area contributed by atoms with Gasteiger partial charge in [-0.3, -0.25) is 10.1 Å². The lowest BCUT2D eigenvalue weighted by Gasteiger charge is -2.07. The van der Waals surface area contributed by atoms with Gasteiger partial charge in [-0.2, -0.15) is 5.10 Å². The Hall–Kier alpha value is -4.29. The summed E-state index contributed by atoms with van der Waals surface area (Å²) in [4.78, 5) is 7.77. The first kappa shape index (κ1) is 23.5. The number of hydrogen-bond donors (Lipinski definition) is 3. The fourth-order valence-electron chi connectivity index (χ4n) is 4.46. The Balaban J connectivity index is 1.59. The van der Waals surface area contributed by atoms with Gasteiger partial charge in [-0.15, -0.1) is 0 Å². The van der Waals surface area contributed by atoms with Gasteiger partial charge in [-0.1, -0.05) is 56.0 Å². The summed E-state index contributed by atoms with van der Waals surface area (Å²) in [5.41, 5.74) is 8.01. The van der Waals surface area contributed by atoms with Crippen LogP contribution in [0.5, 0.6) is 0 Å². The molecule has 0 aliphatic heterocycles. The normalized spacial score (nSPS) is 12.5. The van der Waals surface area contributed by atoms with Gasteiger partial charge in [-0.25, -0.2) is 4.39 Å². The molecule has 0 spiro atoms. The summed E-state index contributed by atoms with van der Waals surface area (Å²) in [5.74, 6) is -0.274. The van der Waals surface area contributed by atoms with E-state index in [2.05, 4.69) is 63.3 Å². The molecule has 0 fully saturated rings. The number of hydrogen-bond acceptors (Lipinski definition) is 3. The SMILES string of the molecule is C=C/C(=C\C(=C/C)c1ccc2[nH]nc(-c3cc4c(-c5ccccc5F)cncc4[nH]3)c2c1)CNCC. The van der Waals surface area contributed by atoms with Crippen molar-refractivity contribution < 1.29 is 4.39 Å². The van der Waals surface area contributed by atoms with Crippen LogP contribution in [0.4, 0.5) is 4.39 Å². The van der Waals surface area contributed by atoms with Crippen molar-refractivity contribution in [1.29, 1.82) is 0 Å². The first-order valence-corrected chi connectivity index (χ1v) is 12.0. The Bertz CT molecular complexity index is 1620. The molecule has 3 N–H and O–H groups in total. The van der Waals surface area contributed by atoms with E-state index < -0.39 is 0 Å². The molecular weight excluding hydrogens is 449 g/mol. The molecule has 36 heavy (non-hydrogen) atoms. The molecule has 5 nitrogen and oxygen atoms in total. The van der Waals surface area contributed by atoms with E-state index >= 15 is 0 Å². The summed E-state index contributed by atoms with van der Waals surface area (Å²) in [7, 11) is 0. The van der Waals surface area contributed by atoms with Crippen molar-refractivity contribution in [2.45, 2.75) is 13.8 Å². The molecule has 0 saturated heterocycles. The number of aromatic nitrogens is 4. The van der Waals surface area contributed by atoms with Crippen LogP contribution in [0.15, 0.2) is 91.3 Å². The second kappa shape index (κ2) is 10.1. The molecule has 0 amide bonds. The van der Waals surface area contributed by atoms with Gasteiger partial charge in [0.1, 0.15) is 11.5 Å². The standard InChI is InChI=1S/C30H28FN5/c1-4-19(16-32-6-3)13-20(5-2)21-11-12-27-24(14-21)30(36-35-27)28-15-23-25(17-33-18-29(23)34-28)22-9-7-8-10-26(22)31/h4-5,7-15,17-18,32,34H,1,6,16H2,2-3H3,(H,35,36)/b19-13+,20-5+. The van der Waals surface area contributed by atoms with Gasteiger partial charge in [0.15, 0.2) is 0 Å². The molecule has 0 saturated carbocycles. The summed E-state index contributed by atoms with van der Waals surface area (Å²) < 4.78 is 14.6. The number of aromatic amines is 2. The lowest BCUT2D eigenvalue weighted by Crippen LogP contribution is -2.15. The van der Waals surface area contributed by atoms with E-state index in [0.29, 0.717) is 5.56 Å². The van der Waals surface area contributed by atoms with Crippen LogP contribution >= 0.6 is 0 Å². The van der Waals surface area contributed by atoms with E-state index in [1.165, 1.54) is 6.07 Å². The van der Waals surface area contributed by atoms with Crippen molar-refractivity contribution in [2.75, 3.05) is 13.1 Å². The molecule has 0 aliphatic rings. The highest BCUT2D eigenvalue weighted by Gasteiger charge is 2.16. The number of nitrogens with one attached hydrogen (secondary N) is 3. The smallest absolute Gasteiger partial charge is 0.131 e. The van der Waals surface area contributed by atoms with Gasteiger partial charge >= 0.3 is 0 Å². The number of pyridine rings is 1. The average molecular weight is 478 g/mol. The summed E-state index contributed by atoms with van der Waals surface area (Å²) in [6.07, 6.45) is 9.61. The zero-order valence-corrected chi connectivity index (χ0v) is 20.4. The first-order chi connectivity index (χ1) is 17.6. The second-order valence-electron chi connectivity index (χ2n) is 8.59. The highest BCUT2D eigenvalue weighted by Crippen LogP contribution is 2.35. The molecule has 0 radical (unpaired) electrons. The van der Waals surface area contributed by atoms with Crippen LogP contribution in [0, 0.1) is 5.82 Å². The van der Waals surface area contributed by atoms with Crippen molar-refractivity contribution in [3.63, 3.8) is 0 Å². The molecule has 3 heterocycles. The second-order valence-corrected chi connectivity index (χ2v) is 8.59. The van der Waals surface area contributed by atoms with Gasteiger partial charge in [0, 0.05) is 34.6 Å². The molecule has 0 aliphatic carbocycles. The Labute approximate surface area is 209 Å². The minimum absolute atomic E-state index is 0.274. The Morgan fingerprint density at radius 2 is 1.92 bits per heavy atom. The van der Waals surface area contributed by atoms with E-state index in [9.17, 15) is 4.39 Å². The van der Waals surface area contributed by atoms with Gasteiger partial charge in [0.25, 0.3) is 0 Å². The minimum Gasteiger partial charge on any atom is -0.352 e. The molecule has 180 valence electrons. The van der Waals surface area contributed by atoms with Crippen molar-refractivity contribution in [1.82, 2.24) is 25.5 Å². The zero-order valence-electron chi connectivity index (χ0n) is 20.4. The molecule has 0 bridgehead atoms. The first-order valence-electron chi connectivity index (χ1n) is 12.0. The van der Waals surface area contributed by atoms with Gasteiger partial charge in [-0.05, 0) is 54.4 Å². The number of nitrogens with zero attached hydrogens (tertiary/aromatic N) is 2. The van der Waals surface area contributed by atoms with E-state index in [1.807, 2.05) is 31.2 Å². The van der Waals surface area contributed by atoms with Crippen molar-refractivity contribution in [2.24, 2.45) is 0 Å². The van der Waals surface area contributed by atoms with Crippen LogP contribution in [0.3, 0.4) is 0 Å². The number of fused-ring (bicyclic) bond motifs is 2. The Morgan fingerprint density at radius 1 is 1.06 bits per heavy atom. The van der Waals surface area contributed by atoms with Gasteiger partial charge < -0.3 is 10.3 Å². The number of likely N-dealkylation sites (N-methyl/N-ethyl adjacent to an activating group) is 1. The molecule has 0 unspecified atom stereocenters. The third-order valence-corrected chi connectivity index (χ3v) is 6.35. The molecule has 6 heteroatoms. The monoisotopic (exact) mass is 477 g/mol. The summed E-state index contributed by atoms with van der Waals surface area (Å²) in [6, 6.07) is 15.1. The number of H-pyrrole nitrogens is 2. The van der Waals surface area contributed by atoms with Crippen molar-refractivity contribution in [3.8, 4) is 22.5 Å². The predicted molar refractivity (Wildman–Crippen MR) is 147 cm³/mol. The van der Waals surface area contributed by atoms with Crippen LogP contribution in [0.1, 0.15) is 19.4 Å². The van der Waals surface area contributed by atoms with Crippen molar-refractivity contribution >= 4 is 27.4 Å².